The van der Waals surface area contributed by atoms with E-state index in [-0.39, 0.29) is 0 Å². The number of guanidine groups is 1. The summed E-state index contributed by atoms with van der Waals surface area (Å²) in [5.74, 6) is 0.523. The summed E-state index contributed by atoms with van der Waals surface area (Å²) in [7, 11) is 0. The van der Waals surface area contributed by atoms with Crippen LogP contribution < -0.4 is 11.1 Å². The molecule has 0 heterocycles. The van der Waals surface area contributed by atoms with Crippen LogP contribution in [0, 0.1) is 10.8 Å². The number of anilines is 1. The molecule has 3 nitrogen and oxygen atoms in total. The Balaban J connectivity index is 2.05. The summed E-state index contributed by atoms with van der Waals surface area (Å²) in [6, 6.07) is 10.3. The van der Waals surface area contributed by atoms with Crippen molar-refractivity contribution >= 4 is 11.6 Å². The molecule has 0 radical (unpaired) electrons. The van der Waals surface area contributed by atoms with E-state index in [1.54, 1.807) is 0 Å². The zero-order valence-corrected chi connectivity index (χ0v) is 13.1. The molecule has 110 valence electrons. The van der Waals surface area contributed by atoms with Gasteiger partial charge in [-0.15, -0.1) is 0 Å². The van der Waals surface area contributed by atoms with Gasteiger partial charge in [0.25, 0.3) is 0 Å². The van der Waals surface area contributed by atoms with Crippen molar-refractivity contribution in [3.8, 4) is 0 Å². The van der Waals surface area contributed by atoms with Crippen molar-refractivity contribution in [3.05, 3.63) is 30.3 Å². The topological polar surface area (TPSA) is 50.4 Å². The molecule has 0 spiro atoms. The molecule has 1 aromatic rings. The first-order valence-corrected chi connectivity index (χ1v) is 7.41. The average molecular weight is 273 g/mol. The Morgan fingerprint density at radius 3 is 2.20 bits per heavy atom. The number of nitrogens with one attached hydrogen (secondary N) is 1. The molecule has 0 aliphatic heterocycles. The molecule has 0 aromatic heterocycles. The van der Waals surface area contributed by atoms with E-state index in [0.29, 0.717) is 22.8 Å². The Kier molecular flexibility index (Phi) is 4.07. The molecular weight excluding hydrogens is 246 g/mol. The van der Waals surface area contributed by atoms with Crippen LogP contribution in [0.4, 0.5) is 5.69 Å². The van der Waals surface area contributed by atoms with Crippen molar-refractivity contribution in [1.82, 2.24) is 0 Å². The van der Waals surface area contributed by atoms with Crippen LogP contribution in [0.2, 0.25) is 0 Å². The minimum Gasteiger partial charge on any atom is -0.370 e. The summed E-state index contributed by atoms with van der Waals surface area (Å²) in [5, 5.41) is 3.17. The van der Waals surface area contributed by atoms with Crippen LogP contribution in [0.25, 0.3) is 0 Å². The van der Waals surface area contributed by atoms with E-state index in [1.165, 1.54) is 6.42 Å². The second kappa shape index (κ2) is 5.47. The second-order valence-electron chi connectivity index (χ2n) is 7.57. The summed E-state index contributed by atoms with van der Waals surface area (Å²) in [6.07, 6.45) is 3.46. The molecule has 0 bridgehead atoms. The Morgan fingerprint density at radius 2 is 1.65 bits per heavy atom. The summed E-state index contributed by atoms with van der Waals surface area (Å²) in [6.45, 7) is 9.32. The first-order valence-electron chi connectivity index (χ1n) is 7.41. The number of rotatable bonds is 2. The van der Waals surface area contributed by atoms with Gasteiger partial charge in [-0.25, -0.2) is 4.99 Å². The van der Waals surface area contributed by atoms with Gasteiger partial charge in [0, 0.05) is 5.69 Å². The molecule has 2 rings (SSSR count). The zero-order chi connectivity index (χ0) is 14.8. The molecule has 0 atom stereocenters. The first kappa shape index (κ1) is 14.9. The van der Waals surface area contributed by atoms with E-state index in [9.17, 15) is 0 Å². The lowest BCUT2D eigenvalue weighted by molar-refractivity contribution is 0.0997. The predicted octanol–water partition coefficient (Wildman–Crippen LogP) is 4.02. The van der Waals surface area contributed by atoms with Gasteiger partial charge in [0.05, 0.1) is 6.04 Å². The Bertz CT molecular complexity index is 458. The maximum atomic E-state index is 6.05. The summed E-state index contributed by atoms with van der Waals surface area (Å²) < 4.78 is 0. The lowest BCUT2D eigenvalue weighted by Gasteiger charge is -2.43. The highest BCUT2D eigenvalue weighted by molar-refractivity contribution is 5.92. The molecular formula is C17H27N3. The van der Waals surface area contributed by atoms with E-state index in [4.69, 9.17) is 10.7 Å². The van der Waals surface area contributed by atoms with Crippen LogP contribution in [0.15, 0.2) is 35.3 Å². The van der Waals surface area contributed by atoms with E-state index in [2.05, 4.69) is 33.0 Å². The third-order valence-corrected chi connectivity index (χ3v) is 3.90. The molecule has 20 heavy (non-hydrogen) atoms. The minimum atomic E-state index is 0.310. The molecule has 0 unspecified atom stereocenters. The molecule has 3 heteroatoms. The van der Waals surface area contributed by atoms with Crippen molar-refractivity contribution in [1.29, 1.82) is 0 Å². The van der Waals surface area contributed by atoms with Crippen LogP contribution in [-0.4, -0.2) is 12.0 Å². The maximum Gasteiger partial charge on any atom is 0.193 e. The number of nitrogens with two attached hydrogens (primary N) is 1. The SMILES string of the molecule is CC1(C)CC(N=C(N)Nc2ccccc2)CC(C)(C)C1. The molecule has 1 aliphatic carbocycles. The molecule has 0 saturated heterocycles. The highest BCUT2D eigenvalue weighted by Crippen LogP contribution is 2.46. The Morgan fingerprint density at radius 1 is 1.10 bits per heavy atom. The van der Waals surface area contributed by atoms with Crippen LogP contribution in [-0.2, 0) is 0 Å². The Hall–Kier alpha value is -1.51. The molecule has 1 aromatic carbocycles. The van der Waals surface area contributed by atoms with Crippen molar-refractivity contribution in [3.63, 3.8) is 0 Å². The van der Waals surface area contributed by atoms with Gasteiger partial charge in [-0.1, -0.05) is 45.9 Å². The van der Waals surface area contributed by atoms with Crippen LogP contribution >= 0.6 is 0 Å². The van der Waals surface area contributed by atoms with Gasteiger partial charge in [-0.2, -0.15) is 0 Å². The lowest BCUT2D eigenvalue weighted by Crippen LogP contribution is -2.37. The molecule has 0 amide bonds. The quantitative estimate of drug-likeness (QED) is 0.631. The molecule has 1 fully saturated rings. The van der Waals surface area contributed by atoms with Crippen LogP contribution in [0.5, 0.6) is 0 Å². The van der Waals surface area contributed by atoms with Crippen LogP contribution in [0.1, 0.15) is 47.0 Å². The summed E-state index contributed by atoms with van der Waals surface area (Å²) >= 11 is 0. The summed E-state index contributed by atoms with van der Waals surface area (Å²) in [5.41, 5.74) is 7.71. The maximum absolute atomic E-state index is 6.05. The number of benzene rings is 1. The van der Waals surface area contributed by atoms with E-state index >= 15 is 0 Å². The summed E-state index contributed by atoms with van der Waals surface area (Å²) in [4.78, 5) is 4.71. The third kappa shape index (κ3) is 4.26. The smallest absolute Gasteiger partial charge is 0.193 e. The van der Waals surface area contributed by atoms with Crippen molar-refractivity contribution in [2.75, 3.05) is 5.32 Å². The van der Waals surface area contributed by atoms with Gasteiger partial charge in [0.1, 0.15) is 0 Å². The fourth-order valence-corrected chi connectivity index (χ4v) is 3.78. The van der Waals surface area contributed by atoms with Gasteiger partial charge >= 0.3 is 0 Å². The van der Waals surface area contributed by atoms with Gasteiger partial charge < -0.3 is 11.1 Å². The van der Waals surface area contributed by atoms with Crippen molar-refractivity contribution in [2.45, 2.75) is 53.0 Å². The highest BCUT2D eigenvalue weighted by Gasteiger charge is 2.38. The monoisotopic (exact) mass is 273 g/mol. The first-order chi connectivity index (χ1) is 9.26. The van der Waals surface area contributed by atoms with E-state index in [0.717, 1.165) is 18.5 Å². The largest absolute Gasteiger partial charge is 0.370 e. The van der Waals surface area contributed by atoms with Gasteiger partial charge in [-0.3, -0.25) is 0 Å². The van der Waals surface area contributed by atoms with Gasteiger partial charge in [-0.05, 0) is 42.2 Å². The number of nitrogens with zero attached hydrogens (tertiary/aromatic N) is 1. The number of hydrogen-bond donors (Lipinski definition) is 2. The van der Waals surface area contributed by atoms with Gasteiger partial charge in [0.2, 0.25) is 0 Å². The second-order valence-corrected chi connectivity index (χ2v) is 7.57. The van der Waals surface area contributed by atoms with E-state index in [1.807, 2.05) is 30.3 Å². The van der Waals surface area contributed by atoms with Crippen molar-refractivity contribution in [2.24, 2.45) is 21.6 Å². The van der Waals surface area contributed by atoms with E-state index < -0.39 is 0 Å². The minimum absolute atomic E-state index is 0.310. The fourth-order valence-electron chi connectivity index (χ4n) is 3.78. The number of para-hydroxylation sites is 1. The number of hydrogen-bond acceptors (Lipinski definition) is 1. The fraction of sp³-hybridized carbons (Fsp3) is 0.588. The molecule has 1 aliphatic rings. The highest BCUT2D eigenvalue weighted by atomic mass is 15.1. The predicted molar refractivity (Wildman–Crippen MR) is 86.9 cm³/mol. The number of aliphatic imine (C=N–C) groups is 1. The molecule has 1 saturated carbocycles. The standard InChI is InChI=1S/C17H27N3/c1-16(2)10-14(11-17(3,4)12-16)20-15(18)19-13-8-6-5-7-9-13/h5-9,14H,10-12H2,1-4H3,(H3,18,19,20). The van der Waals surface area contributed by atoms with Gasteiger partial charge in [0.15, 0.2) is 5.96 Å². The molecule has 3 N–H and O–H groups in total. The van der Waals surface area contributed by atoms with Crippen LogP contribution in [0.3, 0.4) is 0 Å². The third-order valence-electron chi connectivity index (χ3n) is 3.90. The Labute approximate surface area is 122 Å². The normalized spacial score (nSPS) is 22.5. The van der Waals surface area contributed by atoms with Crippen molar-refractivity contribution < 1.29 is 0 Å². The zero-order valence-electron chi connectivity index (χ0n) is 13.1. The average Bonchev–Trinajstić information content (AvgIpc) is 2.25. The lowest BCUT2D eigenvalue weighted by atomic mass is 9.64.